The molecule has 0 bridgehead atoms. The van der Waals surface area contributed by atoms with Crippen LogP contribution in [0.25, 0.3) is 0 Å². The number of hydrogen-bond donors (Lipinski definition) is 0. The lowest BCUT2D eigenvalue weighted by Crippen LogP contribution is -2.31. The molecule has 0 saturated carbocycles. The van der Waals surface area contributed by atoms with Gasteiger partial charge in [-0.15, -0.1) is 0 Å². The number of rotatable bonds is 4. The minimum Gasteiger partial charge on any atom is -0.377 e. The third kappa shape index (κ3) is 7.91. The van der Waals surface area contributed by atoms with Crippen LogP contribution in [0.5, 0.6) is 0 Å². The molecule has 0 aromatic heterocycles. The van der Waals surface area contributed by atoms with Crippen LogP contribution < -0.4 is 9.91 Å². The van der Waals surface area contributed by atoms with Crippen LogP contribution in [0.4, 0.5) is 24.5 Å². The minimum atomic E-state index is -1.29. The Morgan fingerprint density at radius 3 is 1.91 bits per heavy atom. The molecule has 3 aromatic carbocycles. The molecule has 0 spiro atoms. The van der Waals surface area contributed by atoms with Crippen molar-refractivity contribution in [1.29, 1.82) is 5.26 Å². The van der Waals surface area contributed by atoms with E-state index >= 15 is 0 Å². The minimum absolute atomic E-state index is 0.289. The number of nitriles is 1. The summed E-state index contributed by atoms with van der Waals surface area (Å²) in [7, 11) is 0. The maximum absolute atomic E-state index is 15.0. The third-order valence-electron chi connectivity index (χ3n) is 7.25. The Bertz CT molecular complexity index is 1410. The molecule has 1 fully saturated rings. The molecule has 43 heavy (non-hydrogen) atoms. The average Bonchev–Trinajstić information content (AvgIpc) is 3.46. The van der Waals surface area contributed by atoms with Crippen LogP contribution in [0, 0.1) is 28.8 Å². The zero-order valence-corrected chi connectivity index (χ0v) is 23.7. The summed E-state index contributed by atoms with van der Waals surface area (Å²) in [4.78, 5) is 2.15. The zero-order valence-electron chi connectivity index (χ0n) is 23.7. The first kappa shape index (κ1) is 30.5. The summed E-state index contributed by atoms with van der Waals surface area (Å²) in [6.07, 6.45) is 0.359. The quantitative estimate of drug-likeness (QED) is 0.384. The Morgan fingerprint density at radius 2 is 1.33 bits per heavy atom. The van der Waals surface area contributed by atoms with Crippen LogP contribution in [0.15, 0.2) is 65.8 Å². The summed E-state index contributed by atoms with van der Waals surface area (Å²) in [5.41, 5.74) is 3.27. The summed E-state index contributed by atoms with van der Waals surface area (Å²) in [5.74, 6) is -3.36. The standard InChI is InChI=1S/C32H33F3N4O4/c33-26-19-28(34)32(35)31(20-26)39-30(21-29(37-39)24-3-1-23(22-36)2-4-24)25-5-7-27(8-6-25)38-9-11-40-13-15-42-17-18-43-16-14-41-12-10-38/h1-8,19-20,30H,9-18,21H2. The maximum atomic E-state index is 15.0. The van der Waals surface area contributed by atoms with Gasteiger partial charge in [-0.25, -0.2) is 13.2 Å². The molecule has 5 rings (SSSR count). The lowest BCUT2D eigenvalue weighted by molar-refractivity contribution is 0.00206. The molecule has 0 aliphatic carbocycles. The molecule has 1 unspecified atom stereocenters. The molecule has 1 atom stereocenters. The van der Waals surface area contributed by atoms with Crippen molar-refractivity contribution in [1.82, 2.24) is 0 Å². The Labute approximate surface area is 248 Å². The van der Waals surface area contributed by atoms with Gasteiger partial charge in [-0.05, 0) is 35.4 Å². The molecule has 2 aliphatic heterocycles. The van der Waals surface area contributed by atoms with E-state index in [4.69, 9.17) is 24.2 Å². The zero-order chi connectivity index (χ0) is 30.0. The monoisotopic (exact) mass is 594 g/mol. The van der Waals surface area contributed by atoms with Gasteiger partial charge in [0.1, 0.15) is 11.5 Å². The molecule has 1 saturated heterocycles. The van der Waals surface area contributed by atoms with Crippen LogP contribution >= 0.6 is 0 Å². The average molecular weight is 595 g/mol. The van der Waals surface area contributed by atoms with Crippen LogP contribution in [0.2, 0.25) is 0 Å². The number of benzene rings is 3. The number of halogens is 3. The first-order chi connectivity index (χ1) is 21.0. The predicted molar refractivity (Wildman–Crippen MR) is 156 cm³/mol. The molecule has 8 nitrogen and oxygen atoms in total. The number of anilines is 2. The molecule has 2 aliphatic rings. The molecule has 11 heteroatoms. The van der Waals surface area contributed by atoms with E-state index in [9.17, 15) is 13.2 Å². The van der Waals surface area contributed by atoms with Crippen molar-refractivity contribution in [3.63, 3.8) is 0 Å². The van der Waals surface area contributed by atoms with Crippen LogP contribution in [0.1, 0.15) is 29.2 Å². The largest absolute Gasteiger partial charge is 0.377 e. The number of ether oxygens (including phenoxy) is 4. The van der Waals surface area contributed by atoms with Crippen molar-refractivity contribution in [3.8, 4) is 6.07 Å². The lowest BCUT2D eigenvalue weighted by atomic mass is 9.97. The van der Waals surface area contributed by atoms with Crippen molar-refractivity contribution in [2.75, 3.05) is 75.9 Å². The van der Waals surface area contributed by atoms with Gasteiger partial charge in [-0.1, -0.05) is 24.3 Å². The highest BCUT2D eigenvalue weighted by molar-refractivity contribution is 6.03. The Kier molecular flexibility index (Phi) is 10.6. The van der Waals surface area contributed by atoms with Crippen molar-refractivity contribution in [2.45, 2.75) is 12.5 Å². The van der Waals surface area contributed by atoms with Crippen molar-refractivity contribution in [3.05, 3.63) is 94.8 Å². The van der Waals surface area contributed by atoms with Crippen LogP contribution in [-0.2, 0) is 18.9 Å². The van der Waals surface area contributed by atoms with E-state index in [0.29, 0.717) is 89.7 Å². The SMILES string of the molecule is N#Cc1ccc(C2=NN(c3cc(F)cc(F)c3F)C(c3ccc(N4CCOCCOCCOCCOCC4)cc3)C2)cc1. The van der Waals surface area contributed by atoms with E-state index in [-0.39, 0.29) is 5.69 Å². The van der Waals surface area contributed by atoms with Gasteiger partial charge >= 0.3 is 0 Å². The van der Waals surface area contributed by atoms with Gasteiger partial charge in [0.25, 0.3) is 0 Å². The fourth-order valence-electron chi connectivity index (χ4n) is 5.00. The van der Waals surface area contributed by atoms with Gasteiger partial charge in [0.15, 0.2) is 11.6 Å². The van der Waals surface area contributed by atoms with E-state index in [1.165, 1.54) is 5.01 Å². The van der Waals surface area contributed by atoms with Gasteiger partial charge < -0.3 is 23.8 Å². The van der Waals surface area contributed by atoms with E-state index in [1.807, 2.05) is 24.3 Å². The second-order valence-electron chi connectivity index (χ2n) is 10.0. The summed E-state index contributed by atoms with van der Waals surface area (Å²) >= 11 is 0. The second-order valence-corrected chi connectivity index (χ2v) is 10.0. The molecule has 0 radical (unpaired) electrons. The maximum Gasteiger partial charge on any atom is 0.184 e. The van der Waals surface area contributed by atoms with E-state index in [1.54, 1.807) is 24.3 Å². The van der Waals surface area contributed by atoms with E-state index in [0.717, 1.165) is 22.9 Å². The van der Waals surface area contributed by atoms with Crippen molar-refractivity contribution in [2.24, 2.45) is 5.10 Å². The predicted octanol–water partition coefficient (Wildman–Crippen LogP) is 5.22. The van der Waals surface area contributed by atoms with E-state index < -0.39 is 23.5 Å². The molecule has 2 heterocycles. The second kappa shape index (κ2) is 15.0. The molecular weight excluding hydrogens is 561 g/mol. The van der Waals surface area contributed by atoms with Gasteiger partial charge in [0.2, 0.25) is 0 Å². The van der Waals surface area contributed by atoms with Crippen LogP contribution in [0.3, 0.4) is 0 Å². The molecular formula is C32H33F3N4O4. The molecule has 0 N–H and O–H groups in total. The molecule has 3 aromatic rings. The Morgan fingerprint density at radius 1 is 0.744 bits per heavy atom. The first-order valence-electron chi connectivity index (χ1n) is 14.2. The van der Waals surface area contributed by atoms with Crippen molar-refractivity contribution >= 4 is 17.1 Å². The number of nitrogens with zero attached hydrogens (tertiary/aromatic N) is 4. The summed E-state index contributed by atoms with van der Waals surface area (Å²) < 4.78 is 65.9. The Balaban J connectivity index is 1.38. The van der Waals surface area contributed by atoms with Gasteiger partial charge in [-0.2, -0.15) is 10.4 Å². The fourth-order valence-corrected chi connectivity index (χ4v) is 5.00. The summed E-state index contributed by atoms with van der Waals surface area (Å²) in [6.45, 7) is 5.27. The number of hydrazone groups is 1. The highest BCUT2D eigenvalue weighted by Crippen LogP contribution is 2.39. The molecule has 0 amide bonds. The summed E-state index contributed by atoms with van der Waals surface area (Å²) in [6, 6.07) is 17.6. The Hall–Kier alpha value is -3.95. The fraction of sp³-hybridized carbons (Fsp3) is 0.375. The smallest absolute Gasteiger partial charge is 0.184 e. The van der Waals surface area contributed by atoms with Gasteiger partial charge in [0.05, 0.1) is 76.2 Å². The van der Waals surface area contributed by atoms with Crippen molar-refractivity contribution < 1.29 is 32.1 Å². The van der Waals surface area contributed by atoms with E-state index in [2.05, 4.69) is 16.1 Å². The normalized spacial score (nSPS) is 19.3. The van der Waals surface area contributed by atoms with Gasteiger partial charge in [0, 0.05) is 37.3 Å². The van der Waals surface area contributed by atoms with Gasteiger partial charge in [-0.3, -0.25) is 5.01 Å². The topological polar surface area (TPSA) is 79.6 Å². The summed E-state index contributed by atoms with van der Waals surface area (Å²) in [5, 5.41) is 15.1. The lowest BCUT2D eigenvalue weighted by Gasteiger charge is -2.27. The molecule has 226 valence electrons. The number of hydrogen-bond acceptors (Lipinski definition) is 8. The first-order valence-corrected chi connectivity index (χ1v) is 14.2. The highest BCUT2D eigenvalue weighted by atomic mass is 19.2. The highest BCUT2D eigenvalue weighted by Gasteiger charge is 2.33. The van der Waals surface area contributed by atoms with Crippen LogP contribution in [-0.4, -0.2) is 71.7 Å². The third-order valence-corrected chi connectivity index (χ3v) is 7.25.